The minimum Gasteiger partial charge on any atom is -0.476 e. The molecule has 6 nitrogen and oxygen atoms in total. The van der Waals surface area contributed by atoms with Crippen LogP contribution in [0.25, 0.3) is 0 Å². The molecule has 1 aromatic rings. The summed E-state index contributed by atoms with van der Waals surface area (Å²) < 4.78 is 5.00. The van der Waals surface area contributed by atoms with Gasteiger partial charge in [-0.2, -0.15) is 0 Å². The van der Waals surface area contributed by atoms with Crippen molar-refractivity contribution in [3.8, 4) is 0 Å². The molecule has 1 aliphatic carbocycles. The van der Waals surface area contributed by atoms with Crippen LogP contribution in [0.4, 0.5) is 0 Å². The van der Waals surface area contributed by atoms with Crippen LogP contribution >= 0.6 is 11.3 Å². The Kier molecular flexibility index (Phi) is 4.16. The number of methoxy groups -OCH3 is 1. The van der Waals surface area contributed by atoms with Crippen LogP contribution in [0.3, 0.4) is 0 Å². The molecule has 19 heavy (non-hydrogen) atoms. The monoisotopic (exact) mass is 284 g/mol. The fourth-order valence-corrected chi connectivity index (χ4v) is 2.58. The van der Waals surface area contributed by atoms with Crippen LogP contribution in [-0.4, -0.2) is 35.7 Å². The van der Waals surface area contributed by atoms with Gasteiger partial charge in [0.15, 0.2) is 5.69 Å². The van der Waals surface area contributed by atoms with E-state index >= 15 is 0 Å². The average molecular weight is 284 g/mol. The number of aromatic carboxylic acids is 1. The van der Waals surface area contributed by atoms with Gasteiger partial charge in [0, 0.05) is 19.1 Å². The summed E-state index contributed by atoms with van der Waals surface area (Å²) in [6, 6.07) is 0. The van der Waals surface area contributed by atoms with Gasteiger partial charge in [0.2, 0.25) is 5.91 Å². The molecule has 104 valence electrons. The second-order valence-corrected chi connectivity index (χ2v) is 5.58. The Balaban J connectivity index is 1.84. The highest BCUT2D eigenvalue weighted by atomic mass is 32.1. The number of amides is 1. The predicted molar refractivity (Wildman–Crippen MR) is 69.1 cm³/mol. The second-order valence-electron chi connectivity index (χ2n) is 4.64. The van der Waals surface area contributed by atoms with Gasteiger partial charge in [0.05, 0.1) is 12.0 Å². The van der Waals surface area contributed by atoms with Crippen molar-refractivity contribution < 1.29 is 19.4 Å². The van der Waals surface area contributed by atoms with E-state index in [9.17, 15) is 9.59 Å². The second kappa shape index (κ2) is 5.66. The number of aromatic nitrogens is 1. The largest absolute Gasteiger partial charge is 0.476 e. The number of rotatable bonds is 7. The first-order valence-corrected chi connectivity index (χ1v) is 6.90. The highest BCUT2D eigenvalue weighted by Gasteiger charge is 2.48. The van der Waals surface area contributed by atoms with Crippen molar-refractivity contribution >= 4 is 23.2 Å². The molecule has 7 heteroatoms. The van der Waals surface area contributed by atoms with E-state index in [1.165, 1.54) is 16.7 Å². The molecule has 0 aliphatic heterocycles. The van der Waals surface area contributed by atoms with Gasteiger partial charge in [-0.25, -0.2) is 9.78 Å². The lowest BCUT2D eigenvalue weighted by Crippen LogP contribution is -2.32. The molecule has 0 unspecified atom stereocenters. The molecule has 0 bridgehead atoms. The quantitative estimate of drug-likeness (QED) is 0.787. The molecule has 0 spiro atoms. The number of carboxylic acid groups (broad SMARTS) is 1. The van der Waals surface area contributed by atoms with E-state index in [1.807, 2.05) is 0 Å². The third-order valence-electron chi connectivity index (χ3n) is 3.29. The number of nitrogens with zero attached hydrogens (tertiary/aromatic N) is 1. The summed E-state index contributed by atoms with van der Waals surface area (Å²) in [6.07, 6.45) is 2.51. The Morgan fingerprint density at radius 2 is 2.32 bits per heavy atom. The minimum atomic E-state index is -1.05. The summed E-state index contributed by atoms with van der Waals surface area (Å²) in [7, 11) is 1.62. The van der Waals surface area contributed by atoms with Gasteiger partial charge in [0.25, 0.3) is 0 Å². The lowest BCUT2D eigenvalue weighted by atomic mass is 10.0. The zero-order chi connectivity index (χ0) is 13.9. The number of hydrogen-bond acceptors (Lipinski definition) is 5. The molecule has 1 amide bonds. The van der Waals surface area contributed by atoms with Crippen LogP contribution in [0, 0.1) is 5.41 Å². The molecule has 0 atom stereocenters. The first-order chi connectivity index (χ1) is 9.07. The van der Waals surface area contributed by atoms with Gasteiger partial charge < -0.3 is 15.2 Å². The Morgan fingerprint density at radius 1 is 1.58 bits per heavy atom. The highest BCUT2D eigenvalue weighted by molar-refractivity contribution is 7.09. The van der Waals surface area contributed by atoms with Crippen LogP contribution in [0.1, 0.15) is 34.8 Å². The lowest BCUT2D eigenvalue weighted by molar-refractivity contribution is -0.127. The van der Waals surface area contributed by atoms with E-state index in [1.54, 1.807) is 7.11 Å². The van der Waals surface area contributed by atoms with E-state index in [2.05, 4.69) is 10.3 Å². The number of carbonyl (C=O) groups excluding carboxylic acids is 1. The van der Waals surface area contributed by atoms with Gasteiger partial charge in [-0.05, 0) is 19.3 Å². The summed E-state index contributed by atoms with van der Waals surface area (Å²) in [4.78, 5) is 26.6. The third-order valence-corrected chi connectivity index (χ3v) is 4.14. The van der Waals surface area contributed by atoms with Crippen molar-refractivity contribution in [1.82, 2.24) is 10.3 Å². The number of ether oxygens (including phenoxy) is 1. The summed E-state index contributed by atoms with van der Waals surface area (Å²) >= 11 is 1.24. The van der Waals surface area contributed by atoms with E-state index in [-0.39, 0.29) is 23.6 Å². The molecule has 1 heterocycles. The first-order valence-electron chi connectivity index (χ1n) is 6.02. The molecule has 0 saturated heterocycles. The number of thiazole rings is 1. The van der Waals surface area contributed by atoms with Crippen LogP contribution < -0.4 is 5.32 Å². The number of carbonyl (C=O) groups is 2. The Hall–Kier alpha value is -1.47. The molecule has 1 aliphatic rings. The fourth-order valence-electron chi connectivity index (χ4n) is 1.87. The van der Waals surface area contributed by atoms with Gasteiger partial charge in [-0.3, -0.25) is 4.79 Å². The molecular formula is C12H16N2O4S. The fraction of sp³-hybridized carbons (Fsp3) is 0.583. The molecule has 1 aromatic heterocycles. The summed E-state index contributed by atoms with van der Waals surface area (Å²) in [5.74, 6) is -1.04. The van der Waals surface area contributed by atoms with Crippen LogP contribution in [-0.2, 0) is 16.1 Å². The standard InChI is InChI=1S/C12H16N2O4S/c1-18-5-4-12(2-3-12)11(17)13-6-9-14-8(7-19-9)10(15)16/h7H,2-6H2,1H3,(H,13,17)(H,15,16). The number of nitrogens with one attached hydrogen (secondary N) is 1. The summed E-state index contributed by atoms with van der Waals surface area (Å²) in [6.45, 7) is 0.860. The van der Waals surface area contributed by atoms with Crippen molar-refractivity contribution in [3.63, 3.8) is 0 Å². The average Bonchev–Trinajstić information content (AvgIpc) is 3.03. The van der Waals surface area contributed by atoms with E-state index in [4.69, 9.17) is 9.84 Å². The van der Waals surface area contributed by atoms with Crippen LogP contribution in [0.2, 0.25) is 0 Å². The molecule has 1 fully saturated rings. The van der Waals surface area contributed by atoms with Crippen molar-refractivity contribution in [2.45, 2.75) is 25.8 Å². The van der Waals surface area contributed by atoms with Crippen molar-refractivity contribution in [3.05, 3.63) is 16.1 Å². The highest BCUT2D eigenvalue weighted by Crippen LogP contribution is 2.49. The van der Waals surface area contributed by atoms with Crippen molar-refractivity contribution in [2.75, 3.05) is 13.7 Å². The zero-order valence-electron chi connectivity index (χ0n) is 10.6. The normalized spacial score (nSPS) is 16.1. The van der Waals surface area contributed by atoms with Crippen LogP contribution in [0.5, 0.6) is 0 Å². The number of hydrogen-bond donors (Lipinski definition) is 2. The lowest BCUT2D eigenvalue weighted by Gasteiger charge is -2.13. The number of carboxylic acids is 1. The van der Waals surface area contributed by atoms with Gasteiger partial charge in [-0.15, -0.1) is 11.3 Å². The minimum absolute atomic E-state index is 0.0108. The van der Waals surface area contributed by atoms with Gasteiger partial charge in [0.1, 0.15) is 5.01 Å². The maximum atomic E-state index is 12.0. The summed E-state index contributed by atoms with van der Waals surface area (Å²) in [5.41, 5.74) is -0.252. The van der Waals surface area contributed by atoms with Gasteiger partial charge in [-0.1, -0.05) is 0 Å². The molecule has 2 rings (SSSR count). The third kappa shape index (κ3) is 3.30. The molecular weight excluding hydrogens is 268 g/mol. The van der Waals surface area contributed by atoms with E-state index in [0.29, 0.717) is 11.6 Å². The van der Waals surface area contributed by atoms with E-state index < -0.39 is 5.97 Å². The molecule has 1 saturated carbocycles. The smallest absolute Gasteiger partial charge is 0.355 e. The first kappa shape index (κ1) is 14.0. The van der Waals surface area contributed by atoms with Crippen molar-refractivity contribution in [1.29, 1.82) is 0 Å². The van der Waals surface area contributed by atoms with Gasteiger partial charge >= 0.3 is 5.97 Å². The van der Waals surface area contributed by atoms with Crippen molar-refractivity contribution in [2.24, 2.45) is 5.41 Å². The molecule has 0 aromatic carbocycles. The summed E-state index contributed by atoms with van der Waals surface area (Å²) in [5, 5.41) is 13.7. The maximum Gasteiger partial charge on any atom is 0.355 e. The predicted octanol–water partition coefficient (Wildman–Crippen LogP) is 1.27. The van der Waals surface area contributed by atoms with E-state index in [0.717, 1.165) is 19.3 Å². The maximum absolute atomic E-state index is 12.0. The molecule has 0 radical (unpaired) electrons. The zero-order valence-corrected chi connectivity index (χ0v) is 11.5. The van der Waals surface area contributed by atoms with Crippen LogP contribution in [0.15, 0.2) is 5.38 Å². The Bertz CT molecular complexity index is 482. The Morgan fingerprint density at radius 3 is 2.84 bits per heavy atom. The Labute approximate surface area is 114 Å². The SMILES string of the molecule is COCCC1(C(=O)NCc2nc(C(=O)O)cs2)CC1. The molecule has 2 N–H and O–H groups in total. The topological polar surface area (TPSA) is 88.5 Å².